The molecular weight excluding hydrogens is 386 g/mol. The summed E-state index contributed by atoms with van der Waals surface area (Å²) in [4.78, 5) is 13.5. The van der Waals surface area contributed by atoms with E-state index in [4.69, 9.17) is 0 Å². The summed E-state index contributed by atoms with van der Waals surface area (Å²) in [5.74, 6) is 1.62. The predicted octanol–water partition coefficient (Wildman–Crippen LogP) is 3.53. The van der Waals surface area contributed by atoms with Crippen LogP contribution in [-0.4, -0.2) is 51.8 Å². The number of para-hydroxylation sites is 1. The maximum atomic E-state index is 11.0. The van der Waals surface area contributed by atoms with Gasteiger partial charge in [0.05, 0.1) is 6.10 Å². The monoisotopic (exact) mass is 415 g/mol. The van der Waals surface area contributed by atoms with Gasteiger partial charge in [0.1, 0.15) is 18.0 Å². The van der Waals surface area contributed by atoms with Crippen LogP contribution >= 0.6 is 0 Å². The summed E-state index contributed by atoms with van der Waals surface area (Å²) in [5.41, 5.74) is 5.05. The fourth-order valence-electron chi connectivity index (χ4n) is 4.79. The standard InChI is InChI=1S/C25H29N5O/c1-18-6-2-5-9-21(18)28-24-14-25(27-17-26-24)30-13-11-22(23(31)16-30)29-12-10-19-7-3-4-8-20(19)15-29/h2-9,14,17,22-23,31H,10-13,15-16H2,1H3,(H,26,27,28)/t22-,23-/m1/s1. The van der Waals surface area contributed by atoms with Crippen LogP contribution in [0.2, 0.25) is 0 Å². The molecule has 2 aliphatic heterocycles. The molecule has 0 aliphatic carbocycles. The highest BCUT2D eigenvalue weighted by molar-refractivity contribution is 5.62. The molecule has 0 saturated carbocycles. The Morgan fingerprint density at radius 1 is 1.00 bits per heavy atom. The van der Waals surface area contributed by atoms with Crippen molar-refractivity contribution >= 4 is 17.3 Å². The quantitative estimate of drug-likeness (QED) is 0.680. The normalized spacial score (nSPS) is 21.5. The number of hydrogen-bond donors (Lipinski definition) is 2. The average Bonchev–Trinajstić information content (AvgIpc) is 2.80. The zero-order valence-electron chi connectivity index (χ0n) is 17.9. The molecular formula is C25H29N5O. The van der Waals surface area contributed by atoms with Crippen molar-refractivity contribution in [3.8, 4) is 0 Å². The minimum Gasteiger partial charge on any atom is -0.390 e. The zero-order valence-corrected chi connectivity index (χ0v) is 17.9. The van der Waals surface area contributed by atoms with Crippen molar-refractivity contribution in [1.29, 1.82) is 0 Å². The maximum absolute atomic E-state index is 11.0. The Hall–Kier alpha value is -2.96. The van der Waals surface area contributed by atoms with Gasteiger partial charge < -0.3 is 15.3 Å². The number of aromatic nitrogens is 2. The number of rotatable bonds is 4. The molecule has 3 aromatic rings. The van der Waals surface area contributed by atoms with Crippen LogP contribution in [0.3, 0.4) is 0 Å². The molecule has 1 aromatic heterocycles. The number of aliphatic hydroxyl groups is 1. The highest BCUT2D eigenvalue weighted by Gasteiger charge is 2.34. The highest BCUT2D eigenvalue weighted by Crippen LogP contribution is 2.28. The first kappa shape index (κ1) is 20.0. The van der Waals surface area contributed by atoms with Crippen molar-refractivity contribution in [2.45, 2.75) is 38.5 Å². The van der Waals surface area contributed by atoms with Gasteiger partial charge in [0, 0.05) is 44.0 Å². The SMILES string of the molecule is Cc1ccccc1Nc1cc(N2CC[C@@H](N3CCc4ccccc4C3)[C@H](O)C2)ncn1. The fourth-order valence-corrected chi connectivity index (χ4v) is 4.79. The van der Waals surface area contributed by atoms with Gasteiger partial charge in [-0.25, -0.2) is 9.97 Å². The second kappa shape index (κ2) is 8.65. The summed E-state index contributed by atoms with van der Waals surface area (Å²) >= 11 is 0. The lowest BCUT2D eigenvalue weighted by Crippen LogP contribution is -2.55. The van der Waals surface area contributed by atoms with Gasteiger partial charge in [-0.2, -0.15) is 0 Å². The van der Waals surface area contributed by atoms with E-state index in [1.54, 1.807) is 6.33 Å². The van der Waals surface area contributed by atoms with E-state index in [1.807, 2.05) is 24.3 Å². The molecule has 2 N–H and O–H groups in total. The number of anilines is 3. The van der Waals surface area contributed by atoms with Crippen LogP contribution in [0.5, 0.6) is 0 Å². The number of benzene rings is 2. The molecule has 160 valence electrons. The first-order valence-corrected chi connectivity index (χ1v) is 11.1. The molecule has 0 bridgehead atoms. The molecule has 0 spiro atoms. The number of aliphatic hydroxyl groups excluding tert-OH is 1. The molecule has 0 unspecified atom stereocenters. The minimum absolute atomic E-state index is 0.191. The molecule has 2 aliphatic rings. The summed E-state index contributed by atoms with van der Waals surface area (Å²) in [6, 6.07) is 19.0. The van der Waals surface area contributed by atoms with Gasteiger partial charge in [-0.1, -0.05) is 42.5 Å². The molecule has 3 heterocycles. The van der Waals surface area contributed by atoms with Crippen LogP contribution < -0.4 is 10.2 Å². The molecule has 1 fully saturated rings. The Morgan fingerprint density at radius 3 is 2.65 bits per heavy atom. The third kappa shape index (κ3) is 4.27. The fraction of sp³-hybridized carbons (Fsp3) is 0.360. The zero-order chi connectivity index (χ0) is 21.2. The van der Waals surface area contributed by atoms with Gasteiger partial charge in [0.2, 0.25) is 0 Å². The summed E-state index contributed by atoms with van der Waals surface area (Å²) in [7, 11) is 0. The maximum Gasteiger partial charge on any atom is 0.135 e. The molecule has 6 nitrogen and oxygen atoms in total. The predicted molar refractivity (Wildman–Crippen MR) is 124 cm³/mol. The molecule has 0 amide bonds. The van der Waals surface area contributed by atoms with Gasteiger partial charge in [0.15, 0.2) is 0 Å². The van der Waals surface area contributed by atoms with Gasteiger partial charge in [-0.3, -0.25) is 4.90 Å². The van der Waals surface area contributed by atoms with Crippen LogP contribution in [0.15, 0.2) is 60.9 Å². The van der Waals surface area contributed by atoms with Gasteiger partial charge in [-0.05, 0) is 42.5 Å². The van der Waals surface area contributed by atoms with Crippen molar-refractivity contribution in [2.24, 2.45) is 0 Å². The van der Waals surface area contributed by atoms with Gasteiger partial charge >= 0.3 is 0 Å². The molecule has 1 saturated heterocycles. The Bertz CT molecular complexity index is 1060. The second-order valence-corrected chi connectivity index (χ2v) is 8.56. The van der Waals surface area contributed by atoms with Crippen LogP contribution in [0.1, 0.15) is 23.1 Å². The first-order valence-electron chi connectivity index (χ1n) is 11.1. The van der Waals surface area contributed by atoms with Crippen molar-refractivity contribution < 1.29 is 5.11 Å². The lowest BCUT2D eigenvalue weighted by Gasteiger charge is -2.43. The van der Waals surface area contributed by atoms with E-state index in [-0.39, 0.29) is 6.04 Å². The van der Waals surface area contributed by atoms with E-state index in [2.05, 4.69) is 62.3 Å². The van der Waals surface area contributed by atoms with Gasteiger partial charge in [0.25, 0.3) is 0 Å². The average molecular weight is 416 g/mol. The first-order chi connectivity index (χ1) is 15.2. The third-order valence-corrected chi connectivity index (χ3v) is 6.56. The minimum atomic E-state index is -0.401. The molecule has 2 atom stereocenters. The number of piperidine rings is 1. The number of fused-ring (bicyclic) bond motifs is 1. The number of aryl methyl sites for hydroxylation is 1. The summed E-state index contributed by atoms with van der Waals surface area (Å²) in [5, 5.41) is 14.4. The van der Waals surface area contributed by atoms with Crippen molar-refractivity contribution in [2.75, 3.05) is 29.9 Å². The van der Waals surface area contributed by atoms with Crippen LogP contribution in [0.25, 0.3) is 0 Å². The molecule has 2 aromatic carbocycles. The molecule has 31 heavy (non-hydrogen) atoms. The number of β-amino-alcohol motifs (C(OH)–C–C–N with tert-alkyl or cyclic N) is 1. The highest BCUT2D eigenvalue weighted by atomic mass is 16.3. The van der Waals surface area contributed by atoms with E-state index in [0.29, 0.717) is 6.54 Å². The summed E-state index contributed by atoms with van der Waals surface area (Å²) < 4.78 is 0. The lowest BCUT2D eigenvalue weighted by molar-refractivity contribution is 0.0293. The number of nitrogens with zero attached hydrogens (tertiary/aromatic N) is 4. The smallest absolute Gasteiger partial charge is 0.135 e. The van der Waals surface area contributed by atoms with Crippen LogP contribution in [-0.2, 0) is 13.0 Å². The Morgan fingerprint density at radius 2 is 1.81 bits per heavy atom. The number of nitrogens with one attached hydrogen (secondary N) is 1. The van der Waals surface area contributed by atoms with E-state index < -0.39 is 6.10 Å². The topological polar surface area (TPSA) is 64.5 Å². The van der Waals surface area contributed by atoms with E-state index in [0.717, 1.165) is 49.8 Å². The van der Waals surface area contributed by atoms with Crippen molar-refractivity contribution in [3.63, 3.8) is 0 Å². The van der Waals surface area contributed by atoms with Crippen LogP contribution in [0, 0.1) is 6.92 Å². The third-order valence-electron chi connectivity index (χ3n) is 6.56. The van der Waals surface area contributed by atoms with E-state index in [1.165, 1.54) is 16.7 Å². The van der Waals surface area contributed by atoms with Crippen LogP contribution in [0.4, 0.5) is 17.3 Å². The summed E-state index contributed by atoms with van der Waals surface area (Å²) in [6.07, 6.45) is 3.18. The largest absolute Gasteiger partial charge is 0.390 e. The van der Waals surface area contributed by atoms with Crippen molar-refractivity contribution in [3.05, 3.63) is 77.6 Å². The molecule has 0 radical (unpaired) electrons. The lowest BCUT2D eigenvalue weighted by atomic mass is 9.94. The Balaban J connectivity index is 1.25. The summed E-state index contributed by atoms with van der Waals surface area (Å²) in [6.45, 7) is 5.47. The molecule has 5 rings (SSSR count). The Labute approximate surface area is 183 Å². The van der Waals surface area contributed by atoms with E-state index >= 15 is 0 Å². The second-order valence-electron chi connectivity index (χ2n) is 8.56. The van der Waals surface area contributed by atoms with Gasteiger partial charge in [-0.15, -0.1) is 0 Å². The molecule has 6 heteroatoms. The van der Waals surface area contributed by atoms with Crippen molar-refractivity contribution in [1.82, 2.24) is 14.9 Å². The Kier molecular flexibility index (Phi) is 5.57. The van der Waals surface area contributed by atoms with E-state index in [9.17, 15) is 5.11 Å². The number of hydrogen-bond acceptors (Lipinski definition) is 6.